The molecule has 170 valence electrons. The van der Waals surface area contributed by atoms with Crippen molar-refractivity contribution in [2.45, 2.75) is 25.3 Å². The van der Waals surface area contributed by atoms with Gasteiger partial charge in [-0.25, -0.2) is 0 Å². The highest BCUT2D eigenvalue weighted by molar-refractivity contribution is 6.00. The largest absolute Gasteiger partial charge is 0.497 e. The van der Waals surface area contributed by atoms with Crippen LogP contribution in [0, 0.1) is 0 Å². The molecule has 3 amide bonds. The van der Waals surface area contributed by atoms with Gasteiger partial charge in [0, 0.05) is 31.3 Å². The van der Waals surface area contributed by atoms with Crippen molar-refractivity contribution in [1.82, 2.24) is 15.5 Å². The zero-order valence-corrected chi connectivity index (χ0v) is 18.4. The molecule has 0 radical (unpaired) electrons. The first-order valence-electron chi connectivity index (χ1n) is 10.7. The van der Waals surface area contributed by atoms with Crippen LogP contribution in [0.5, 0.6) is 11.5 Å². The third-order valence-electron chi connectivity index (χ3n) is 5.43. The lowest BCUT2D eigenvalue weighted by Crippen LogP contribution is -2.46. The van der Waals surface area contributed by atoms with Gasteiger partial charge in [-0.05, 0) is 43.5 Å². The minimum Gasteiger partial charge on any atom is -0.497 e. The van der Waals surface area contributed by atoms with Crippen molar-refractivity contribution in [1.29, 1.82) is 0 Å². The highest BCUT2D eigenvalue weighted by Crippen LogP contribution is 2.28. The molecule has 0 saturated carbocycles. The molecule has 0 spiro atoms. The average molecular weight is 440 g/mol. The molecule has 1 aliphatic rings. The number of amides is 3. The summed E-state index contributed by atoms with van der Waals surface area (Å²) in [5.41, 5.74) is 1.00. The van der Waals surface area contributed by atoms with Gasteiger partial charge in [0.25, 0.3) is 11.8 Å². The fourth-order valence-electron chi connectivity index (χ4n) is 3.72. The van der Waals surface area contributed by atoms with Gasteiger partial charge in [0.05, 0.1) is 19.8 Å². The Hall–Kier alpha value is -3.55. The van der Waals surface area contributed by atoms with Crippen LogP contribution in [0.3, 0.4) is 0 Å². The molecule has 2 aromatic rings. The summed E-state index contributed by atoms with van der Waals surface area (Å²) >= 11 is 0. The van der Waals surface area contributed by atoms with Crippen molar-refractivity contribution >= 4 is 17.7 Å². The molecular weight excluding hydrogens is 410 g/mol. The quantitative estimate of drug-likeness (QED) is 0.584. The number of ether oxygens (including phenoxy) is 2. The molecule has 0 unspecified atom stereocenters. The van der Waals surface area contributed by atoms with E-state index in [0.717, 1.165) is 6.42 Å². The second kappa shape index (κ2) is 11.2. The Morgan fingerprint density at radius 1 is 1.00 bits per heavy atom. The summed E-state index contributed by atoms with van der Waals surface area (Å²) in [5, 5.41) is 5.72. The van der Waals surface area contributed by atoms with Gasteiger partial charge in [-0.3, -0.25) is 14.4 Å². The van der Waals surface area contributed by atoms with Gasteiger partial charge in [-0.15, -0.1) is 0 Å². The third-order valence-corrected chi connectivity index (χ3v) is 5.43. The Morgan fingerprint density at radius 3 is 2.47 bits per heavy atom. The SMILES string of the molecule is COc1ccc(C(=O)N2CCC[C@@H]2C(=O)NCCCNC(=O)c2ccccc2)c(OC)c1. The van der Waals surface area contributed by atoms with Crippen LogP contribution in [0.2, 0.25) is 0 Å². The lowest BCUT2D eigenvalue weighted by molar-refractivity contribution is -0.124. The van der Waals surface area contributed by atoms with Gasteiger partial charge in [0.2, 0.25) is 5.91 Å². The zero-order valence-electron chi connectivity index (χ0n) is 18.4. The van der Waals surface area contributed by atoms with E-state index in [1.807, 2.05) is 18.2 Å². The lowest BCUT2D eigenvalue weighted by atomic mass is 10.1. The van der Waals surface area contributed by atoms with Crippen molar-refractivity contribution < 1.29 is 23.9 Å². The van der Waals surface area contributed by atoms with Crippen LogP contribution in [0.25, 0.3) is 0 Å². The smallest absolute Gasteiger partial charge is 0.258 e. The number of rotatable bonds is 9. The van der Waals surface area contributed by atoms with E-state index in [9.17, 15) is 14.4 Å². The summed E-state index contributed by atoms with van der Waals surface area (Å²) in [4.78, 5) is 39.5. The van der Waals surface area contributed by atoms with Crippen molar-refractivity contribution in [2.75, 3.05) is 33.9 Å². The fourth-order valence-corrected chi connectivity index (χ4v) is 3.72. The maximum Gasteiger partial charge on any atom is 0.258 e. The highest BCUT2D eigenvalue weighted by atomic mass is 16.5. The van der Waals surface area contributed by atoms with Crippen LogP contribution in [0.1, 0.15) is 40.0 Å². The van der Waals surface area contributed by atoms with E-state index in [-0.39, 0.29) is 17.7 Å². The molecule has 8 nitrogen and oxygen atoms in total. The number of hydrogen-bond donors (Lipinski definition) is 2. The molecule has 1 saturated heterocycles. The lowest BCUT2D eigenvalue weighted by Gasteiger charge is -2.25. The standard InChI is InChI=1S/C24H29N3O5/c1-31-18-11-12-19(21(16-18)32-2)24(30)27-15-6-10-20(27)23(29)26-14-7-13-25-22(28)17-8-4-3-5-9-17/h3-5,8-9,11-12,16,20H,6-7,10,13-15H2,1-2H3,(H,25,28)(H,26,29)/t20-/m1/s1. The molecule has 32 heavy (non-hydrogen) atoms. The molecule has 2 aromatic carbocycles. The molecule has 1 aliphatic heterocycles. The molecule has 0 bridgehead atoms. The molecule has 8 heteroatoms. The van der Waals surface area contributed by atoms with Crippen LogP contribution >= 0.6 is 0 Å². The van der Waals surface area contributed by atoms with Gasteiger partial charge in [-0.2, -0.15) is 0 Å². The van der Waals surface area contributed by atoms with E-state index in [0.29, 0.717) is 55.1 Å². The number of carbonyl (C=O) groups excluding carboxylic acids is 3. The molecule has 0 aromatic heterocycles. The second-order valence-electron chi connectivity index (χ2n) is 7.49. The maximum atomic E-state index is 13.1. The van der Waals surface area contributed by atoms with E-state index in [1.165, 1.54) is 7.11 Å². The highest BCUT2D eigenvalue weighted by Gasteiger charge is 2.35. The van der Waals surface area contributed by atoms with Crippen LogP contribution < -0.4 is 20.1 Å². The predicted octanol–water partition coefficient (Wildman–Crippen LogP) is 2.24. The molecule has 1 heterocycles. The third kappa shape index (κ3) is 5.57. The van der Waals surface area contributed by atoms with Crippen LogP contribution in [-0.2, 0) is 4.79 Å². The first kappa shape index (κ1) is 23.1. The van der Waals surface area contributed by atoms with E-state index in [1.54, 1.807) is 42.3 Å². The Bertz CT molecular complexity index is 948. The van der Waals surface area contributed by atoms with Crippen molar-refractivity contribution in [3.8, 4) is 11.5 Å². The molecule has 1 atom stereocenters. The average Bonchev–Trinajstić information content (AvgIpc) is 3.33. The minimum absolute atomic E-state index is 0.141. The van der Waals surface area contributed by atoms with Crippen molar-refractivity contribution in [3.63, 3.8) is 0 Å². The summed E-state index contributed by atoms with van der Waals surface area (Å²) < 4.78 is 10.5. The van der Waals surface area contributed by atoms with Gasteiger partial charge in [0.15, 0.2) is 0 Å². The Labute approximate surface area is 187 Å². The summed E-state index contributed by atoms with van der Waals surface area (Å²) in [5.74, 6) is 0.441. The Morgan fingerprint density at radius 2 is 1.75 bits per heavy atom. The molecule has 3 rings (SSSR count). The normalized spacial score (nSPS) is 15.2. The number of carbonyl (C=O) groups is 3. The van der Waals surface area contributed by atoms with Crippen LogP contribution in [0.15, 0.2) is 48.5 Å². The molecule has 2 N–H and O–H groups in total. The van der Waals surface area contributed by atoms with E-state index < -0.39 is 6.04 Å². The maximum absolute atomic E-state index is 13.1. The molecule has 1 fully saturated rings. The van der Waals surface area contributed by atoms with Gasteiger partial charge < -0.3 is 25.0 Å². The molecular formula is C24H29N3O5. The molecule has 0 aliphatic carbocycles. The minimum atomic E-state index is -0.520. The second-order valence-corrected chi connectivity index (χ2v) is 7.49. The monoisotopic (exact) mass is 439 g/mol. The first-order chi connectivity index (χ1) is 15.5. The fraction of sp³-hybridized carbons (Fsp3) is 0.375. The summed E-state index contributed by atoms with van der Waals surface area (Å²) in [6, 6.07) is 13.5. The van der Waals surface area contributed by atoms with Gasteiger partial charge in [0.1, 0.15) is 17.5 Å². The Kier molecular flexibility index (Phi) is 8.08. The van der Waals surface area contributed by atoms with E-state index >= 15 is 0 Å². The number of nitrogens with zero attached hydrogens (tertiary/aromatic N) is 1. The van der Waals surface area contributed by atoms with Gasteiger partial charge in [-0.1, -0.05) is 18.2 Å². The number of benzene rings is 2. The van der Waals surface area contributed by atoms with E-state index in [4.69, 9.17) is 9.47 Å². The Balaban J connectivity index is 1.50. The number of nitrogens with one attached hydrogen (secondary N) is 2. The number of likely N-dealkylation sites (tertiary alicyclic amines) is 1. The number of hydrogen-bond acceptors (Lipinski definition) is 5. The van der Waals surface area contributed by atoms with E-state index in [2.05, 4.69) is 10.6 Å². The number of methoxy groups -OCH3 is 2. The zero-order chi connectivity index (χ0) is 22.9. The van der Waals surface area contributed by atoms with Crippen LogP contribution in [0.4, 0.5) is 0 Å². The van der Waals surface area contributed by atoms with Crippen molar-refractivity contribution in [2.24, 2.45) is 0 Å². The summed E-state index contributed by atoms with van der Waals surface area (Å²) in [7, 11) is 3.04. The van der Waals surface area contributed by atoms with Crippen molar-refractivity contribution in [3.05, 3.63) is 59.7 Å². The topological polar surface area (TPSA) is 97.0 Å². The summed E-state index contributed by atoms with van der Waals surface area (Å²) in [6.07, 6.45) is 1.97. The summed E-state index contributed by atoms with van der Waals surface area (Å²) in [6.45, 7) is 1.38. The predicted molar refractivity (Wildman–Crippen MR) is 120 cm³/mol. The van der Waals surface area contributed by atoms with Gasteiger partial charge >= 0.3 is 0 Å². The first-order valence-corrected chi connectivity index (χ1v) is 10.7. The van der Waals surface area contributed by atoms with Crippen LogP contribution in [-0.4, -0.2) is 62.5 Å².